The van der Waals surface area contributed by atoms with Crippen molar-refractivity contribution in [2.24, 2.45) is 0 Å². The van der Waals surface area contributed by atoms with Crippen LogP contribution in [0.2, 0.25) is 0 Å². The van der Waals surface area contributed by atoms with E-state index in [4.69, 9.17) is 5.26 Å². The van der Waals surface area contributed by atoms with E-state index in [0.717, 1.165) is 6.07 Å². The molecule has 0 aliphatic heterocycles. The predicted molar refractivity (Wildman–Crippen MR) is 58.9 cm³/mol. The molecule has 0 spiro atoms. The van der Waals surface area contributed by atoms with Gasteiger partial charge in [0.05, 0.1) is 11.6 Å². The van der Waals surface area contributed by atoms with Crippen LogP contribution < -0.4 is 4.74 Å². The van der Waals surface area contributed by atoms with Crippen molar-refractivity contribution in [1.29, 1.82) is 5.26 Å². The second kappa shape index (κ2) is 4.94. The summed E-state index contributed by atoms with van der Waals surface area (Å²) in [6, 6.07) is 5.40. The Bertz CT molecular complexity index is 620. The van der Waals surface area contributed by atoms with Gasteiger partial charge in [-0.1, -0.05) is 0 Å². The second-order valence-corrected chi connectivity index (χ2v) is 3.53. The van der Waals surface area contributed by atoms with Gasteiger partial charge in [-0.05, 0) is 23.8 Å². The monoisotopic (exact) mass is 265 g/mol. The Balaban J connectivity index is 2.46. The number of rotatable bonds is 2. The molecule has 0 amide bonds. The van der Waals surface area contributed by atoms with Crippen molar-refractivity contribution in [3.8, 4) is 22.9 Å². The quantitative estimate of drug-likeness (QED) is 0.837. The molecule has 1 aromatic carbocycles. The fourth-order valence-electron chi connectivity index (χ4n) is 1.47. The zero-order valence-electron chi connectivity index (χ0n) is 9.35. The van der Waals surface area contributed by atoms with Gasteiger partial charge in [0.2, 0.25) is 0 Å². The molecule has 0 N–H and O–H groups in total. The van der Waals surface area contributed by atoms with Crippen molar-refractivity contribution < 1.29 is 17.9 Å². The number of hydrogen-bond acceptors (Lipinski definition) is 4. The van der Waals surface area contributed by atoms with Crippen molar-refractivity contribution in [2.45, 2.75) is 6.36 Å². The SMILES string of the molecule is N#Cc1cc(OC(F)(F)F)cc(-c2cncnc2)c1. The van der Waals surface area contributed by atoms with Crippen LogP contribution in [0.4, 0.5) is 13.2 Å². The van der Waals surface area contributed by atoms with Gasteiger partial charge in [0.1, 0.15) is 12.1 Å². The largest absolute Gasteiger partial charge is 0.573 e. The van der Waals surface area contributed by atoms with E-state index in [0.29, 0.717) is 11.1 Å². The molecule has 0 unspecified atom stereocenters. The average Bonchev–Trinajstić information content (AvgIpc) is 2.37. The summed E-state index contributed by atoms with van der Waals surface area (Å²) in [7, 11) is 0. The number of ether oxygens (including phenoxy) is 1. The molecule has 0 saturated heterocycles. The number of benzene rings is 1. The molecule has 1 aromatic heterocycles. The molecule has 0 aliphatic rings. The number of hydrogen-bond donors (Lipinski definition) is 0. The first kappa shape index (κ1) is 12.8. The number of alkyl halides is 3. The van der Waals surface area contributed by atoms with E-state index >= 15 is 0 Å². The Morgan fingerprint density at radius 1 is 1.05 bits per heavy atom. The fourth-order valence-corrected chi connectivity index (χ4v) is 1.47. The molecule has 7 heteroatoms. The lowest BCUT2D eigenvalue weighted by Crippen LogP contribution is -2.17. The van der Waals surface area contributed by atoms with Gasteiger partial charge in [0.15, 0.2) is 0 Å². The highest BCUT2D eigenvalue weighted by atomic mass is 19.4. The molecule has 0 saturated carbocycles. The Labute approximate surface area is 106 Å². The van der Waals surface area contributed by atoms with Gasteiger partial charge in [-0.2, -0.15) is 5.26 Å². The summed E-state index contributed by atoms with van der Waals surface area (Å²) in [5.41, 5.74) is 0.922. The summed E-state index contributed by atoms with van der Waals surface area (Å²) in [5, 5.41) is 8.81. The van der Waals surface area contributed by atoms with Gasteiger partial charge in [0, 0.05) is 18.0 Å². The van der Waals surface area contributed by atoms with Gasteiger partial charge in [0.25, 0.3) is 0 Å². The van der Waals surface area contributed by atoms with E-state index in [1.54, 1.807) is 6.07 Å². The van der Waals surface area contributed by atoms with Crippen LogP contribution in [0.15, 0.2) is 36.9 Å². The highest BCUT2D eigenvalue weighted by molar-refractivity contribution is 5.65. The highest BCUT2D eigenvalue weighted by Crippen LogP contribution is 2.29. The van der Waals surface area contributed by atoms with Crippen LogP contribution in [0, 0.1) is 11.3 Å². The Morgan fingerprint density at radius 3 is 2.32 bits per heavy atom. The van der Waals surface area contributed by atoms with Gasteiger partial charge in [-0.3, -0.25) is 0 Å². The fraction of sp³-hybridized carbons (Fsp3) is 0.0833. The summed E-state index contributed by atoms with van der Waals surface area (Å²) < 4.78 is 40.4. The average molecular weight is 265 g/mol. The smallest absolute Gasteiger partial charge is 0.406 e. The van der Waals surface area contributed by atoms with E-state index in [1.165, 1.54) is 30.9 Å². The van der Waals surface area contributed by atoms with Gasteiger partial charge in [-0.25, -0.2) is 9.97 Å². The summed E-state index contributed by atoms with van der Waals surface area (Å²) >= 11 is 0. The first-order valence-electron chi connectivity index (χ1n) is 5.04. The molecule has 4 nitrogen and oxygen atoms in total. The number of halogens is 3. The maximum Gasteiger partial charge on any atom is 0.573 e. The van der Waals surface area contributed by atoms with E-state index in [2.05, 4.69) is 14.7 Å². The summed E-state index contributed by atoms with van der Waals surface area (Å²) in [6.07, 6.45) is -0.648. The van der Waals surface area contributed by atoms with Crippen molar-refractivity contribution in [2.75, 3.05) is 0 Å². The topological polar surface area (TPSA) is 58.8 Å². The van der Waals surface area contributed by atoms with Crippen LogP contribution in [-0.4, -0.2) is 16.3 Å². The Kier molecular flexibility index (Phi) is 3.33. The van der Waals surface area contributed by atoms with Crippen LogP contribution in [0.5, 0.6) is 5.75 Å². The maximum absolute atomic E-state index is 12.2. The van der Waals surface area contributed by atoms with Crippen LogP contribution in [-0.2, 0) is 0 Å². The molecule has 2 rings (SSSR count). The molecule has 19 heavy (non-hydrogen) atoms. The number of nitriles is 1. The number of nitrogens with zero attached hydrogens (tertiary/aromatic N) is 3. The van der Waals surface area contributed by atoms with Crippen LogP contribution in [0.25, 0.3) is 11.1 Å². The van der Waals surface area contributed by atoms with Crippen molar-refractivity contribution in [3.63, 3.8) is 0 Å². The Morgan fingerprint density at radius 2 is 1.74 bits per heavy atom. The lowest BCUT2D eigenvalue weighted by atomic mass is 10.1. The third kappa shape index (κ3) is 3.42. The molecule has 0 bridgehead atoms. The molecule has 0 aliphatic carbocycles. The van der Waals surface area contributed by atoms with Crippen LogP contribution in [0.3, 0.4) is 0 Å². The molecule has 0 fully saturated rings. The van der Waals surface area contributed by atoms with E-state index in [9.17, 15) is 13.2 Å². The molecule has 1 heterocycles. The van der Waals surface area contributed by atoms with E-state index < -0.39 is 12.1 Å². The van der Waals surface area contributed by atoms with Crippen LogP contribution in [0.1, 0.15) is 5.56 Å². The molecular weight excluding hydrogens is 259 g/mol. The van der Waals surface area contributed by atoms with E-state index in [1.807, 2.05) is 0 Å². The first-order valence-corrected chi connectivity index (χ1v) is 5.04. The van der Waals surface area contributed by atoms with Crippen molar-refractivity contribution >= 4 is 0 Å². The predicted octanol–water partition coefficient (Wildman–Crippen LogP) is 2.91. The third-order valence-corrected chi connectivity index (χ3v) is 2.16. The lowest BCUT2D eigenvalue weighted by Gasteiger charge is -2.10. The number of aromatic nitrogens is 2. The second-order valence-electron chi connectivity index (χ2n) is 3.53. The maximum atomic E-state index is 12.2. The first-order chi connectivity index (χ1) is 8.98. The molecule has 96 valence electrons. The van der Waals surface area contributed by atoms with E-state index in [-0.39, 0.29) is 5.56 Å². The van der Waals surface area contributed by atoms with Crippen molar-refractivity contribution in [3.05, 3.63) is 42.5 Å². The minimum absolute atomic E-state index is 0.0561. The highest BCUT2D eigenvalue weighted by Gasteiger charge is 2.31. The van der Waals surface area contributed by atoms with Gasteiger partial charge < -0.3 is 4.74 Å². The summed E-state index contributed by atoms with van der Waals surface area (Å²) in [6.45, 7) is 0. The normalized spacial score (nSPS) is 10.8. The molecule has 0 radical (unpaired) electrons. The lowest BCUT2D eigenvalue weighted by molar-refractivity contribution is -0.274. The van der Waals surface area contributed by atoms with Crippen LogP contribution >= 0.6 is 0 Å². The van der Waals surface area contributed by atoms with Crippen molar-refractivity contribution in [1.82, 2.24) is 9.97 Å². The molecular formula is C12H6F3N3O. The van der Waals surface area contributed by atoms with Gasteiger partial charge >= 0.3 is 6.36 Å². The minimum Gasteiger partial charge on any atom is -0.406 e. The standard InChI is InChI=1S/C12H6F3N3O/c13-12(14,15)19-11-2-8(4-16)1-9(3-11)10-5-17-7-18-6-10/h1-3,5-7H. The Hall–Kier alpha value is -2.62. The minimum atomic E-state index is -4.81. The zero-order chi connectivity index (χ0) is 13.9. The zero-order valence-corrected chi connectivity index (χ0v) is 9.35. The third-order valence-electron chi connectivity index (χ3n) is 2.16. The summed E-state index contributed by atoms with van der Waals surface area (Å²) in [5.74, 6) is -0.453. The molecule has 0 atom stereocenters. The summed E-state index contributed by atoms with van der Waals surface area (Å²) in [4.78, 5) is 7.53. The molecule has 2 aromatic rings. The van der Waals surface area contributed by atoms with Gasteiger partial charge in [-0.15, -0.1) is 13.2 Å².